The second-order valence-corrected chi connectivity index (χ2v) is 9.29. The predicted molar refractivity (Wildman–Crippen MR) is 124 cm³/mol. The highest BCUT2D eigenvalue weighted by Gasteiger charge is 2.31. The lowest BCUT2D eigenvalue weighted by Gasteiger charge is -2.37. The average molecular weight is 519 g/mol. The van der Waals surface area contributed by atoms with E-state index in [0.29, 0.717) is 11.7 Å². The highest BCUT2D eigenvalue weighted by Crippen LogP contribution is 2.35. The normalized spacial score (nSPS) is 19.9. The van der Waals surface area contributed by atoms with Crippen LogP contribution in [0.15, 0.2) is 30.6 Å². The van der Waals surface area contributed by atoms with Crippen LogP contribution in [0.2, 0.25) is 0 Å². The van der Waals surface area contributed by atoms with E-state index >= 15 is 0 Å². The Labute approximate surface area is 187 Å². The standard InChI is InChI=1S/C21H23FIN7/c1-12-8-15(9-12)30(23)21-24-10-19-16(6-7-29(19)27-21)17-4-5-18-20(26-17)28(11-13(2)22)14(3)25-18/h4-7,10,12-13,15H,8-9,11H2,1-3H3. The van der Waals surface area contributed by atoms with Crippen LogP contribution in [0, 0.1) is 12.8 Å². The van der Waals surface area contributed by atoms with Crippen LogP contribution in [-0.2, 0) is 6.54 Å². The quantitative estimate of drug-likeness (QED) is 0.281. The van der Waals surface area contributed by atoms with Gasteiger partial charge in [0.15, 0.2) is 5.65 Å². The number of hydrogen-bond acceptors (Lipinski definition) is 5. The summed E-state index contributed by atoms with van der Waals surface area (Å²) in [6.07, 6.45) is 5.17. The molecule has 1 saturated carbocycles. The molecule has 0 saturated heterocycles. The highest BCUT2D eigenvalue weighted by atomic mass is 127. The van der Waals surface area contributed by atoms with Crippen molar-refractivity contribution in [2.75, 3.05) is 3.11 Å². The fourth-order valence-corrected chi connectivity index (χ4v) is 4.82. The van der Waals surface area contributed by atoms with E-state index in [1.54, 1.807) is 6.92 Å². The monoisotopic (exact) mass is 519 g/mol. The first kappa shape index (κ1) is 19.7. The fourth-order valence-electron chi connectivity index (χ4n) is 4.15. The Morgan fingerprint density at radius 1 is 1.27 bits per heavy atom. The predicted octanol–water partition coefficient (Wildman–Crippen LogP) is 4.76. The summed E-state index contributed by atoms with van der Waals surface area (Å²) in [5, 5.41) is 4.70. The molecule has 7 nitrogen and oxygen atoms in total. The third-order valence-electron chi connectivity index (χ3n) is 5.76. The molecule has 1 unspecified atom stereocenters. The minimum atomic E-state index is -0.969. The molecule has 4 aromatic rings. The van der Waals surface area contributed by atoms with E-state index in [4.69, 9.17) is 10.1 Å². The van der Waals surface area contributed by atoms with E-state index in [1.807, 2.05) is 46.6 Å². The number of aromatic nitrogens is 6. The number of halogens is 2. The maximum atomic E-state index is 13.7. The van der Waals surface area contributed by atoms with Gasteiger partial charge in [-0.3, -0.25) is 3.11 Å². The van der Waals surface area contributed by atoms with Gasteiger partial charge < -0.3 is 4.57 Å². The van der Waals surface area contributed by atoms with E-state index < -0.39 is 6.17 Å². The molecule has 0 bridgehead atoms. The van der Waals surface area contributed by atoms with Gasteiger partial charge in [-0.05, 0) is 50.8 Å². The molecule has 1 aliphatic carbocycles. The van der Waals surface area contributed by atoms with E-state index in [0.717, 1.165) is 40.0 Å². The Hall–Kier alpha value is -2.30. The summed E-state index contributed by atoms with van der Waals surface area (Å²) in [4.78, 5) is 13.9. The molecule has 0 N–H and O–H groups in total. The lowest BCUT2D eigenvalue weighted by molar-refractivity contribution is 0.297. The van der Waals surface area contributed by atoms with E-state index in [9.17, 15) is 4.39 Å². The Balaban J connectivity index is 1.52. The molecule has 4 aromatic heterocycles. The third kappa shape index (κ3) is 3.32. The molecular weight excluding hydrogens is 496 g/mol. The van der Waals surface area contributed by atoms with E-state index in [-0.39, 0.29) is 6.54 Å². The SMILES string of the molecule is Cc1nc2ccc(-c3ccn4nc(N(I)C5CC(C)C5)ncc34)nc2n1CC(C)F. The molecule has 0 aromatic carbocycles. The Bertz CT molecular complexity index is 1230. The number of imidazole rings is 1. The zero-order valence-electron chi connectivity index (χ0n) is 17.1. The summed E-state index contributed by atoms with van der Waals surface area (Å²) >= 11 is 2.31. The lowest BCUT2D eigenvalue weighted by Crippen LogP contribution is -2.39. The molecule has 156 valence electrons. The van der Waals surface area contributed by atoms with Gasteiger partial charge in [-0.2, -0.15) is 0 Å². The number of alkyl halides is 1. The summed E-state index contributed by atoms with van der Waals surface area (Å²) in [7, 11) is 0. The first-order valence-corrected chi connectivity index (χ1v) is 11.1. The molecule has 1 aliphatic rings. The van der Waals surface area contributed by atoms with Crippen molar-refractivity contribution >= 4 is 45.5 Å². The van der Waals surface area contributed by atoms with Gasteiger partial charge in [0.1, 0.15) is 17.5 Å². The second kappa shape index (κ2) is 7.44. The molecule has 0 amide bonds. The van der Waals surface area contributed by atoms with Crippen molar-refractivity contribution in [1.82, 2.24) is 29.1 Å². The molecule has 1 fully saturated rings. The minimum absolute atomic E-state index is 0.243. The van der Waals surface area contributed by atoms with Crippen molar-refractivity contribution < 1.29 is 4.39 Å². The van der Waals surface area contributed by atoms with Crippen LogP contribution in [0.1, 0.15) is 32.5 Å². The Morgan fingerprint density at radius 2 is 2.07 bits per heavy atom. The summed E-state index contributed by atoms with van der Waals surface area (Å²) < 4.78 is 19.5. The first-order valence-electron chi connectivity index (χ1n) is 10.2. The van der Waals surface area contributed by atoms with Crippen LogP contribution in [0.25, 0.3) is 27.9 Å². The summed E-state index contributed by atoms with van der Waals surface area (Å²) in [6, 6.07) is 6.38. The number of rotatable bonds is 5. The molecule has 4 heterocycles. The van der Waals surface area contributed by atoms with Crippen molar-refractivity contribution in [1.29, 1.82) is 0 Å². The molecule has 30 heavy (non-hydrogen) atoms. The molecule has 9 heteroatoms. The molecule has 1 atom stereocenters. The van der Waals surface area contributed by atoms with Crippen LogP contribution in [-0.4, -0.2) is 41.3 Å². The molecule has 0 spiro atoms. The van der Waals surface area contributed by atoms with Gasteiger partial charge in [0.05, 0.1) is 46.8 Å². The van der Waals surface area contributed by atoms with Crippen LogP contribution in [0.5, 0.6) is 0 Å². The van der Waals surface area contributed by atoms with Crippen molar-refractivity contribution in [2.45, 2.75) is 52.4 Å². The van der Waals surface area contributed by atoms with Crippen molar-refractivity contribution in [3.05, 3.63) is 36.4 Å². The number of fused-ring (bicyclic) bond motifs is 2. The average Bonchev–Trinajstić information content (AvgIpc) is 3.25. The number of anilines is 1. The fraction of sp³-hybridized carbons (Fsp3) is 0.429. The van der Waals surface area contributed by atoms with Crippen LogP contribution < -0.4 is 3.11 Å². The van der Waals surface area contributed by atoms with Gasteiger partial charge >= 0.3 is 0 Å². The number of hydrogen-bond donors (Lipinski definition) is 0. The molecule has 0 aliphatic heterocycles. The van der Waals surface area contributed by atoms with Gasteiger partial charge in [0.2, 0.25) is 0 Å². The second-order valence-electron chi connectivity index (χ2n) is 8.25. The highest BCUT2D eigenvalue weighted by molar-refractivity contribution is 14.1. The summed E-state index contributed by atoms with van der Waals surface area (Å²) in [5.41, 5.74) is 4.10. The third-order valence-corrected chi connectivity index (χ3v) is 6.98. The smallest absolute Gasteiger partial charge is 0.252 e. The van der Waals surface area contributed by atoms with Crippen molar-refractivity contribution in [3.8, 4) is 11.3 Å². The number of aryl methyl sites for hydroxylation is 1. The summed E-state index contributed by atoms with van der Waals surface area (Å²) in [6.45, 7) is 5.94. The first-order chi connectivity index (χ1) is 14.4. The van der Waals surface area contributed by atoms with Gasteiger partial charge in [-0.15, -0.1) is 5.10 Å². The van der Waals surface area contributed by atoms with Gasteiger partial charge in [0.25, 0.3) is 5.95 Å². The minimum Gasteiger partial charge on any atom is -0.310 e. The van der Waals surface area contributed by atoms with E-state index in [1.165, 1.54) is 12.8 Å². The molecule has 5 rings (SSSR count). The van der Waals surface area contributed by atoms with Gasteiger partial charge in [-0.1, -0.05) is 6.92 Å². The Kier molecular flexibility index (Phi) is 4.87. The maximum Gasteiger partial charge on any atom is 0.252 e. The summed E-state index contributed by atoms with van der Waals surface area (Å²) in [5.74, 6) is 2.25. The van der Waals surface area contributed by atoms with Crippen molar-refractivity contribution in [3.63, 3.8) is 0 Å². The largest absolute Gasteiger partial charge is 0.310 e. The van der Waals surface area contributed by atoms with Gasteiger partial charge in [-0.25, -0.2) is 23.9 Å². The Morgan fingerprint density at radius 3 is 2.80 bits per heavy atom. The van der Waals surface area contributed by atoms with Crippen molar-refractivity contribution in [2.24, 2.45) is 5.92 Å². The molecule has 0 radical (unpaired) electrons. The van der Waals surface area contributed by atoms with Gasteiger partial charge in [0, 0.05) is 17.8 Å². The number of nitrogens with zero attached hydrogens (tertiary/aromatic N) is 7. The van der Waals surface area contributed by atoms with Crippen LogP contribution >= 0.6 is 22.9 Å². The zero-order chi connectivity index (χ0) is 21.0. The van der Waals surface area contributed by atoms with Crippen LogP contribution in [0.3, 0.4) is 0 Å². The van der Waals surface area contributed by atoms with E-state index in [2.05, 4.69) is 42.9 Å². The number of pyridine rings is 1. The molecular formula is C21H23FIN7. The lowest BCUT2D eigenvalue weighted by atomic mass is 9.82. The maximum absolute atomic E-state index is 13.7. The van der Waals surface area contributed by atoms with Crippen LogP contribution in [0.4, 0.5) is 10.3 Å². The topological polar surface area (TPSA) is 64.1 Å². The zero-order valence-corrected chi connectivity index (χ0v) is 19.3.